The number of hydrogen-bond donors (Lipinski definition) is 4. The van der Waals surface area contributed by atoms with E-state index >= 15 is 0 Å². The molecule has 60 valence electrons. The lowest BCUT2D eigenvalue weighted by atomic mass is 10.3. The second-order valence-electron chi connectivity index (χ2n) is 2.14. The van der Waals surface area contributed by atoms with Gasteiger partial charge in [-0.25, -0.2) is 0 Å². The van der Waals surface area contributed by atoms with Gasteiger partial charge in [0.2, 0.25) is 5.91 Å². The molecule has 0 radical (unpaired) electrons. The van der Waals surface area contributed by atoms with Gasteiger partial charge in [-0.05, 0) is 0 Å². The Kier molecular flexibility index (Phi) is 2.25. The van der Waals surface area contributed by atoms with Crippen LogP contribution in [0.4, 0.5) is 0 Å². The van der Waals surface area contributed by atoms with Crippen molar-refractivity contribution in [2.24, 2.45) is 0 Å². The Morgan fingerprint density at radius 1 is 1.82 bits per heavy atom. The minimum absolute atomic E-state index is 0.0175. The number of amides is 1. The fourth-order valence-corrected chi connectivity index (χ4v) is 0.831. The van der Waals surface area contributed by atoms with E-state index in [1.54, 1.807) is 6.19 Å². The molecule has 0 saturated carbocycles. The number of carbonyl (C=O) groups excluding carboxylic acids is 1. The molecule has 6 heteroatoms. The number of nitrogens with zero attached hydrogens (tertiary/aromatic N) is 1. The summed E-state index contributed by atoms with van der Waals surface area (Å²) >= 11 is 0. The Bertz CT molecular complexity index is 199. The van der Waals surface area contributed by atoms with Crippen LogP contribution in [0.15, 0.2) is 0 Å². The summed E-state index contributed by atoms with van der Waals surface area (Å²) in [6, 6.07) is 0. The predicted molar refractivity (Wildman–Crippen MR) is 34.4 cm³/mol. The van der Waals surface area contributed by atoms with Gasteiger partial charge in [-0.3, -0.25) is 15.4 Å². The summed E-state index contributed by atoms with van der Waals surface area (Å²) in [4.78, 5) is 10.7. The molecule has 6 nitrogen and oxygen atoms in total. The largest absolute Gasteiger partial charge is 0.378 e. The van der Waals surface area contributed by atoms with Crippen LogP contribution in [-0.4, -0.2) is 23.5 Å². The van der Waals surface area contributed by atoms with E-state index in [1.165, 1.54) is 0 Å². The number of carbonyl (C=O) groups is 1. The van der Waals surface area contributed by atoms with Gasteiger partial charge in [0.1, 0.15) is 6.23 Å². The van der Waals surface area contributed by atoms with Crippen LogP contribution >= 0.6 is 0 Å². The van der Waals surface area contributed by atoms with E-state index in [9.17, 15) is 4.79 Å². The Morgan fingerprint density at radius 3 is 3.09 bits per heavy atom. The highest BCUT2D eigenvalue weighted by Gasteiger charge is 2.22. The van der Waals surface area contributed by atoms with Gasteiger partial charge in [0, 0.05) is 0 Å². The molecule has 0 aliphatic carbocycles. The fraction of sp³-hybridized carbons (Fsp3) is 0.600. The number of aliphatic hydroxyl groups excluding tert-OH is 1. The van der Waals surface area contributed by atoms with Crippen LogP contribution in [0.1, 0.15) is 6.42 Å². The summed E-state index contributed by atoms with van der Waals surface area (Å²) < 4.78 is 0. The first-order chi connectivity index (χ1) is 5.22. The van der Waals surface area contributed by atoms with Crippen molar-refractivity contribution in [3.05, 3.63) is 0 Å². The molecule has 0 aromatic rings. The molecular weight excluding hydrogens is 148 g/mol. The van der Waals surface area contributed by atoms with Crippen molar-refractivity contribution in [3.8, 4) is 6.19 Å². The number of rotatable bonds is 1. The maximum Gasteiger partial charge on any atom is 0.226 e. The van der Waals surface area contributed by atoms with E-state index in [0.717, 1.165) is 0 Å². The molecule has 0 spiro atoms. The summed E-state index contributed by atoms with van der Waals surface area (Å²) in [5.41, 5.74) is 0. The molecule has 0 aromatic carbocycles. The number of nitriles is 1. The highest BCUT2D eigenvalue weighted by Crippen LogP contribution is 1.94. The highest BCUT2D eigenvalue weighted by molar-refractivity contribution is 5.77. The molecule has 1 saturated heterocycles. The average Bonchev–Trinajstić information content (AvgIpc) is 1.85. The maximum absolute atomic E-state index is 10.7. The highest BCUT2D eigenvalue weighted by atomic mass is 16.3. The first-order valence-corrected chi connectivity index (χ1v) is 3.10. The molecule has 1 heterocycles. The zero-order valence-corrected chi connectivity index (χ0v) is 5.66. The molecule has 1 rings (SSSR count). The Hall–Kier alpha value is -1.32. The average molecular weight is 156 g/mol. The third kappa shape index (κ3) is 2.07. The van der Waals surface area contributed by atoms with Crippen molar-refractivity contribution >= 4 is 5.91 Å². The van der Waals surface area contributed by atoms with E-state index < -0.39 is 12.5 Å². The lowest BCUT2D eigenvalue weighted by molar-refractivity contribution is -0.128. The zero-order chi connectivity index (χ0) is 8.27. The molecule has 2 unspecified atom stereocenters. The van der Waals surface area contributed by atoms with Crippen molar-refractivity contribution in [3.63, 3.8) is 0 Å². The molecule has 0 aromatic heterocycles. The van der Waals surface area contributed by atoms with E-state index in [-0.39, 0.29) is 12.3 Å². The van der Waals surface area contributed by atoms with Gasteiger partial charge in [0.15, 0.2) is 12.5 Å². The van der Waals surface area contributed by atoms with Crippen LogP contribution in [0.3, 0.4) is 0 Å². The van der Waals surface area contributed by atoms with Crippen molar-refractivity contribution < 1.29 is 9.90 Å². The van der Waals surface area contributed by atoms with Gasteiger partial charge < -0.3 is 10.4 Å². The Morgan fingerprint density at radius 2 is 2.55 bits per heavy atom. The number of aliphatic hydroxyl groups is 1. The fourth-order valence-electron chi connectivity index (χ4n) is 0.831. The molecule has 0 bridgehead atoms. The molecule has 1 aliphatic rings. The minimum atomic E-state index is -0.880. The molecule has 1 amide bonds. The molecule has 2 atom stereocenters. The Balaban J connectivity index is 2.44. The van der Waals surface area contributed by atoms with Gasteiger partial charge in [-0.2, -0.15) is 5.26 Å². The van der Waals surface area contributed by atoms with Crippen molar-refractivity contribution in [2.75, 3.05) is 0 Å². The van der Waals surface area contributed by atoms with E-state index in [0.29, 0.717) is 0 Å². The summed E-state index contributed by atoms with van der Waals surface area (Å²) in [5.74, 6) is -0.288. The van der Waals surface area contributed by atoms with Crippen molar-refractivity contribution in [1.29, 1.82) is 5.26 Å². The number of nitrogens with one attached hydrogen (secondary N) is 3. The van der Waals surface area contributed by atoms with Crippen molar-refractivity contribution in [2.45, 2.75) is 18.9 Å². The smallest absolute Gasteiger partial charge is 0.226 e. The SMILES string of the molecule is N#CNC1NC(=O)CC(O)N1. The molecule has 1 fully saturated rings. The molecule has 11 heavy (non-hydrogen) atoms. The normalized spacial score (nSPS) is 30.4. The van der Waals surface area contributed by atoms with Crippen LogP contribution in [0.5, 0.6) is 0 Å². The summed E-state index contributed by atoms with van der Waals surface area (Å²) in [6.07, 6.45) is 0.121. The molecule has 1 aliphatic heterocycles. The van der Waals surface area contributed by atoms with E-state index in [1.807, 2.05) is 0 Å². The van der Waals surface area contributed by atoms with Gasteiger partial charge in [-0.15, -0.1) is 0 Å². The lowest BCUT2D eigenvalue weighted by Gasteiger charge is -2.26. The topological polar surface area (TPSA) is 97.2 Å². The van der Waals surface area contributed by atoms with E-state index in [2.05, 4.69) is 16.0 Å². The second kappa shape index (κ2) is 3.18. The van der Waals surface area contributed by atoms with Gasteiger partial charge in [0.25, 0.3) is 0 Å². The maximum atomic E-state index is 10.7. The predicted octanol–water partition coefficient (Wildman–Crippen LogP) is -2.23. The zero-order valence-electron chi connectivity index (χ0n) is 5.66. The van der Waals surface area contributed by atoms with Crippen LogP contribution in [0, 0.1) is 11.5 Å². The van der Waals surface area contributed by atoms with Crippen LogP contribution < -0.4 is 16.0 Å². The second-order valence-corrected chi connectivity index (χ2v) is 2.14. The monoisotopic (exact) mass is 156 g/mol. The standard InChI is InChI=1S/C5H8N4O2/c6-2-7-5-8-3(10)1-4(11)9-5/h3,5,7-8,10H,1H2,(H,9,11). The van der Waals surface area contributed by atoms with Crippen LogP contribution in [0.25, 0.3) is 0 Å². The van der Waals surface area contributed by atoms with Gasteiger partial charge in [0.05, 0.1) is 6.42 Å². The number of hydrogen-bond acceptors (Lipinski definition) is 5. The Labute approximate surface area is 63.2 Å². The summed E-state index contributed by atoms with van der Waals surface area (Å²) in [5, 5.41) is 24.3. The molecular formula is C5H8N4O2. The van der Waals surface area contributed by atoms with Gasteiger partial charge >= 0.3 is 0 Å². The summed E-state index contributed by atoms with van der Waals surface area (Å²) in [7, 11) is 0. The third-order valence-electron chi connectivity index (χ3n) is 1.25. The quantitative estimate of drug-likeness (QED) is 0.254. The van der Waals surface area contributed by atoms with Crippen molar-refractivity contribution in [1.82, 2.24) is 16.0 Å². The first-order valence-electron chi connectivity index (χ1n) is 3.10. The third-order valence-corrected chi connectivity index (χ3v) is 1.25. The summed E-state index contributed by atoms with van der Waals surface area (Å²) in [6.45, 7) is 0. The minimum Gasteiger partial charge on any atom is -0.378 e. The van der Waals surface area contributed by atoms with Gasteiger partial charge in [-0.1, -0.05) is 0 Å². The van der Waals surface area contributed by atoms with Crippen LogP contribution in [-0.2, 0) is 4.79 Å². The molecule has 4 N–H and O–H groups in total. The van der Waals surface area contributed by atoms with Crippen LogP contribution in [0.2, 0.25) is 0 Å². The van der Waals surface area contributed by atoms with E-state index in [4.69, 9.17) is 10.4 Å². The first kappa shape index (κ1) is 7.78. The lowest BCUT2D eigenvalue weighted by Crippen LogP contribution is -2.61.